The summed E-state index contributed by atoms with van der Waals surface area (Å²) in [5.41, 5.74) is 22.4. The fourth-order valence-corrected chi connectivity index (χ4v) is 12.8. The summed E-state index contributed by atoms with van der Waals surface area (Å²) in [6, 6.07) is 75.1. The summed E-state index contributed by atoms with van der Waals surface area (Å²) in [6.45, 7) is 9.47. The second-order valence-electron chi connectivity index (χ2n) is 20.4. The van der Waals surface area contributed by atoms with Gasteiger partial charge < -0.3 is 18.3 Å². The van der Waals surface area contributed by atoms with Crippen molar-refractivity contribution in [3.05, 3.63) is 229 Å². The van der Waals surface area contributed by atoms with Crippen molar-refractivity contribution < 1.29 is 8.83 Å². The molecule has 10 aromatic carbocycles. The topological polar surface area (TPSA) is 34.5 Å². The van der Waals surface area contributed by atoms with Gasteiger partial charge in [-0.25, -0.2) is 0 Å². The highest BCUT2D eigenvalue weighted by Crippen LogP contribution is 2.59. The lowest BCUT2D eigenvalue weighted by atomic mass is 9.80. The zero-order valence-corrected chi connectivity index (χ0v) is 39.3. The van der Waals surface area contributed by atoms with E-state index in [-0.39, 0.29) is 10.8 Å². The molecule has 4 heteroatoms. The summed E-state index contributed by atoms with van der Waals surface area (Å²) in [6.07, 6.45) is 0. The molecule has 0 atom stereocenters. The van der Waals surface area contributed by atoms with Crippen LogP contribution in [0.25, 0.3) is 105 Å². The molecule has 0 unspecified atom stereocenters. The Hall–Kier alpha value is -8.60. The molecular weight excluding hydrogens is 853 g/mol. The van der Waals surface area contributed by atoms with E-state index < -0.39 is 0 Å². The van der Waals surface area contributed by atoms with Crippen molar-refractivity contribution in [1.29, 1.82) is 0 Å². The number of fused-ring (bicyclic) bond motifs is 18. The molecule has 0 saturated carbocycles. The maximum Gasteiger partial charge on any atom is 0.159 e. The molecule has 332 valence electrons. The SMILES string of the molecule is CC1(C)c2ccccc2-c2ccc(N(c3ccc(-c4cccc5c4oc4c5c5c(c6c4c4ccccc4n6-c4ccccc4)-c4ccccc4C5(C)C)cc3)c3cccc4c3oc3ccccc34)cc21. The molecule has 4 nitrogen and oxygen atoms in total. The van der Waals surface area contributed by atoms with Crippen molar-refractivity contribution in [3.8, 4) is 39.1 Å². The molecule has 3 aromatic heterocycles. The Balaban J connectivity index is 0.955. The Bertz CT molecular complexity index is 4350. The zero-order chi connectivity index (χ0) is 46.6. The molecule has 13 aromatic rings. The van der Waals surface area contributed by atoms with Gasteiger partial charge in [0.25, 0.3) is 0 Å². The van der Waals surface area contributed by atoms with Crippen LogP contribution in [0.3, 0.4) is 0 Å². The highest BCUT2D eigenvalue weighted by molar-refractivity contribution is 6.30. The normalized spacial score (nSPS) is 14.2. The maximum absolute atomic E-state index is 7.47. The number of aromatic nitrogens is 1. The van der Waals surface area contributed by atoms with Gasteiger partial charge in [0.2, 0.25) is 0 Å². The van der Waals surface area contributed by atoms with Crippen molar-refractivity contribution in [2.45, 2.75) is 38.5 Å². The fraction of sp³-hybridized carbons (Fsp3) is 0.0909. The van der Waals surface area contributed by atoms with Crippen LogP contribution in [0, 0.1) is 0 Å². The molecule has 3 heterocycles. The second kappa shape index (κ2) is 14.0. The van der Waals surface area contributed by atoms with Crippen molar-refractivity contribution >= 4 is 82.7 Å². The van der Waals surface area contributed by atoms with E-state index in [0.717, 1.165) is 83.3 Å². The summed E-state index contributed by atoms with van der Waals surface area (Å²) < 4.78 is 16.7. The summed E-state index contributed by atoms with van der Waals surface area (Å²) in [7, 11) is 0. The first-order valence-electron chi connectivity index (χ1n) is 24.4. The predicted molar refractivity (Wildman–Crippen MR) is 291 cm³/mol. The molecule has 2 aliphatic carbocycles. The molecule has 0 radical (unpaired) electrons. The molecule has 70 heavy (non-hydrogen) atoms. The molecule has 0 amide bonds. The van der Waals surface area contributed by atoms with Crippen LogP contribution in [0.1, 0.15) is 49.9 Å². The minimum Gasteiger partial charge on any atom is -0.455 e. The number of hydrogen-bond donors (Lipinski definition) is 0. The van der Waals surface area contributed by atoms with Gasteiger partial charge in [-0.05, 0) is 99.1 Å². The van der Waals surface area contributed by atoms with Crippen LogP contribution in [0.5, 0.6) is 0 Å². The summed E-state index contributed by atoms with van der Waals surface area (Å²) in [5, 5.41) is 6.86. The molecule has 2 aliphatic rings. The third-order valence-electron chi connectivity index (χ3n) is 15.9. The number of nitrogens with zero attached hydrogens (tertiary/aromatic N) is 2. The van der Waals surface area contributed by atoms with Crippen LogP contribution in [-0.4, -0.2) is 4.57 Å². The number of rotatable bonds is 5. The quantitative estimate of drug-likeness (QED) is 0.173. The molecular formula is C66H46N2O2. The molecule has 15 rings (SSSR count). The highest BCUT2D eigenvalue weighted by Gasteiger charge is 2.42. The van der Waals surface area contributed by atoms with E-state index in [1.54, 1.807) is 0 Å². The van der Waals surface area contributed by atoms with E-state index in [9.17, 15) is 0 Å². The minimum absolute atomic E-state index is 0.158. The number of furan rings is 2. The zero-order valence-electron chi connectivity index (χ0n) is 39.3. The Morgan fingerprint density at radius 3 is 1.87 bits per heavy atom. The molecule has 0 spiro atoms. The van der Waals surface area contributed by atoms with Gasteiger partial charge in [-0.3, -0.25) is 0 Å². The van der Waals surface area contributed by atoms with Crippen LogP contribution >= 0.6 is 0 Å². The van der Waals surface area contributed by atoms with Crippen molar-refractivity contribution in [2.24, 2.45) is 0 Å². The molecule has 0 N–H and O–H groups in total. The first-order chi connectivity index (χ1) is 34.3. The lowest BCUT2D eigenvalue weighted by molar-refractivity contribution is 0.659. The number of anilines is 3. The Kier molecular flexibility index (Phi) is 7.88. The lowest BCUT2D eigenvalue weighted by Gasteiger charge is -2.28. The van der Waals surface area contributed by atoms with E-state index in [4.69, 9.17) is 8.83 Å². The lowest BCUT2D eigenvalue weighted by Crippen LogP contribution is -2.16. The Morgan fingerprint density at radius 2 is 1.04 bits per heavy atom. The van der Waals surface area contributed by atoms with Crippen LogP contribution in [-0.2, 0) is 10.8 Å². The molecule has 0 fully saturated rings. The molecule has 0 saturated heterocycles. The second-order valence-corrected chi connectivity index (χ2v) is 20.4. The standard InChI is InChI=1S/C66H46N2O2/c1-65(2)51-27-12-8-20-44(51)45-37-36-42(38-53(45)65)67(55-30-17-25-47-46-21-11-15-31-56(46)69-63(47)55)41-34-32-39(33-35-41)43-24-16-26-50-58-60-57(48-22-9-13-28-52(48)66(60,3)4)61-59(64(58)70-62(43)50)49-23-10-14-29-54(49)68(61)40-18-6-5-7-19-40/h5-38H,1-4H3. The van der Waals surface area contributed by atoms with Gasteiger partial charge in [0.1, 0.15) is 16.7 Å². The van der Waals surface area contributed by atoms with Crippen molar-refractivity contribution in [3.63, 3.8) is 0 Å². The van der Waals surface area contributed by atoms with E-state index in [1.165, 1.54) is 60.8 Å². The summed E-state index contributed by atoms with van der Waals surface area (Å²) >= 11 is 0. The monoisotopic (exact) mass is 898 g/mol. The summed E-state index contributed by atoms with van der Waals surface area (Å²) in [4.78, 5) is 2.37. The van der Waals surface area contributed by atoms with Gasteiger partial charge in [-0.1, -0.05) is 179 Å². The van der Waals surface area contributed by atoms with E-state index in [0.29, 0.717) is 0 Å². The fourth-order valence-electron chi connectivity index (χ4n) is 12.8. The van der Waals surface area contributed by atoms with Gasteiger partial charge >= 0.3 is 0 Å². The average Bonchev–Trinajstić information content (AvgIpc) is 4.18. The van der Waals surface area contributed by atoms with Gasteiger partial charge in [0.15, 0.2) is 5.58 Å². The highest BCUT2D eigenvalue weighted by atomic mass is 16.3. The average molecular weight is 899 g/mol. The van der Waals surface area contributed by atoms with Gasteiger partial charge in [-0.15, -0.1) is 0 Å². The third-order valence-corrected chi connectivity index (χ3v) is 15.9. The minimum atomic E-state index is -0.285. The van der Waals surface area contributed by atoms with Crippen LogP contribution < -0.4 is 4.90 Å². The maximum atomic E-state index is 7.47. The first kappa shape index (κ1) is 39.4. The number of benzene rings is 10. The first-order valence-corrected chi connectivity index (χ1v) is 24.4. The number of hydrogen-bond acceptors (Lipinski definition) is 3. The van der Waals surface area contributed by atoms with Crippen molar-refractivity contribution in [1.82, 2.24) is 4.57 Å². The largest absolute Gasteiger partial charge is 0.455 e. The number of para-hydroxylation sites is 5. The van der Waals surface area contributed by atoms with E-state index >= 15 is 0 Å². The van der Waals surface area contributed by atoms with Crippen LogP contribution in [0.2, 0.25) is 0 Å². The van der Waals surface area contributed by atoms with Crippen molar-refractivity contribution in [2.75, 3.05) is 4.90 Å². The van der Waals surface area contributed by atoms with E-state index in [2.05, 4.69) is 237 Å². The van der Waals surface area contributed by atoms with Gasteiger partial charge in [0.05, 0.1) is 22.1 Å². The van der Waals surface area contributed by atoms with Crippen LogP contribution in [0.4, 0.5) is 17.1 Å². The van der Waals surface area contributed by atoms with E-state index in [1.807, 2.05) is 6.07 Å². The smallest absolute Gasteiger partial charge is 0.159 e. The Morgan fingerprint density at radius 1 is 0.414 bits per heavy atom. The predicted octanol–water partition coefficient (Wildman–Crippen LogP) is 18.3. The van der Waals surface area contributed by atoms with Crippen LogP contribution in [0.15, 0.2) is 215 Å². The molecule has 0 bridgehead atoms. The summed E-state index contributed by atoms with van der Waals surface area (Å²) in [5.74, 6) is 0. The molecule has 0 aliphatic heterocycles. The third kappa shape index (κ3) is 5.15. The van der Waals surface area contributed by atoms with Gasteiger partial charge in [-0.2, -0.15) is 0 Å². The Labute approximate surface area is 405 Å². The van der Waals surface area contributed by atoms with Gasteiger partial charge in [0, 0.05) is 66.0 Å².